The van der Waals surface area contributed by atoms with Crippen LogP contribution in [0.2, 0.25) is 10.0 Å². The van der Waals surface area contributed by atoms with Crippen molar-refractivity contribution in [3.63, 3.8) is 0 Å². The predicted octanol–water partition coefficient (Wildman–Crippen LogP) is 6.80. The van der Waals surface area contributed by atoms with E-state index in [4.69, 9.17) is 37.8 Å². The zero-order valence-electron chi connectivity index (χ0n) is 23.2. The van der Waals surface area contributed by atoms with Crippen molar-refractivity contribution in [1.29, 1.82) is 0 Å². The molecule has 8 nitrogen and oxygen atoms in total. The number of ether oxygens (including phenoxy) is 2. The molecule has 0 N–H and O–H groups in total. The third-order valence-corrected chi connectivity index (χ3v) is 8.30. The summed E-state index contributed by atoms with van der Waals surface area (Å²) in [4.78, 5) is 16.1. The van der Waals surface area contributed by atoms with Crippen molar-refractivity contribution in [3.05, 3.63) is 63.9 Å². The quantitative estimate of drug-likeness (QED) is 0.266. The molecular weight excluding hydrogens is 549 g/mol. The highest BCUT2D eigenvalue weighted by atomic mass is 35.5. The normalized spacial score (nSPS) is 17.7. The van der Waals surface area contributed by atoms with Gasteiger partial charge in [-0.1, -0.05) is 30.1 Å². The molecule has 0 bridgehead atoms. The fourth-order valence-corrected chi connectivity index (χ4v) is 6.56. The summed E-state index contributed by atoms with van der Waals surface area (Å²) in [5, 5.41) is 10.5. The molecule has 1 saturated heterocycles. The number of piperidine rings is 1. The molecule has 0 radical (unpaired) electrons. The Kier molecular flexibility index (Phi) is 6.58. The van der Waals surface area contributed by atoms with Crippen molar-refractivity contribution < 1.29 is 14.3 Å². The minimum Gasteiger partial charge on any atom is -0.496 e. The second-order valence-electron chi connectivity index (χ2n) is 11.3. The molecule has 6 rings (SSSR count). The maximum atomic E-state index is 14.2. The van der Waals surface area contributed by atoms with Crippen LogP contribution in [0.15, 0.2) is 42.6 Å². The van der Waals surface area contributed by atoms with Crippen molar-refractivity contribution in [2.45, 2.75) is 45.8 Å². The van der Waals surface area contributed by atoms with Gasteiger partial charge in [0.1, 0.15) is 18.1 Å². The van der Waals surface area contributed by atoms with E-state index >= 15 is 0 Å². The van der Waals surface area contributed by atoms with Gasteiger partial charge in [-0.3, -0.25) is 9.48 Å². The predicted molar refractivity (Wildman–Crippen MR) is 156 cm³/mol. The molecule has 2 aliphatic heterocycles. The van der Waals surface area contributed by atoms with Gasteiger partial charge < -0.3 is 14.4 Å². The van der Waals surface area contributed by atoms with E-state index in [1.165, 1.54) is 0 Å². The van der Waals surface area contributed by atoms with Crippen molar-refractivity contribution in [1.82, 2.24) is 24.5 Å². The highest BCUT2D eigenvalue weighted by molar-refractivity contribution is 6.34. The number of halogens is 2. The summed E-state index contributed by atoms with van der Waals surface area (Å²) in [5.41, 5.74) is 4.54. The van der Waals surface area contributed by atoms with Gasteiger partial charge in [0, 0.05) is 58.1 Å². The summed E-state index contributed by atoms with van der Waals surface area (Å²) in [7, 11) is 3.49. The fraction of sp³-hybridized carbons (Fsp3) is 0.367. The number of aryl methyl sites for hydroxylation is 1. The molecular formula is C30H31Cl2N5O3. The van der Waals surface area contributed by atoms with Crippen LogP contribution in [0.25, 0.3) is 28.2 Å². The number of benzene rings is 2. The van der Waals surface area contributed by atoms with Crippen molar-refractivity contribution in [3.8, 4) is 39.7 Å². The van der Waals surface area contributed by atoms with E-state index in [0.29, 0.717) is 45.4 Å². The number of hydrogen-bond acceptors (Lipinski definition) is 5. The van der Waals surface area contributed by atoms with E-state index in [2.05, 4.69) is 25.9 Å². The van der Waals surface area contributed by atoms with Gasteiger partial charge in [0.15, 0.2) is 5.69 Å². The third kappa shape index (κ3) is 4.53. The highest BCUT2D eigenvalue weighted by Gasteiger charge is 2.40. The van der Waals surface area contributed by atoms with Gasteiger partial charge in [-0.15, -0.1) is 0 Å². The average Bonchev–Trinajstić information content (AvgIpc) is 3.50. The van der Waals surface area contributed by atoms with Gasteiger partial charge in [0.2, 0.25) is 0 Å². The standard InChI is InChI=1S/C30H31Cl2N5O3/c1-17-6-9-36(30(2,3)15-17)29(38)27-23-16-40-26-14-25(39-5)21(24-7-8-35(4)33-24)13-22(26)28(23)37(34-27)20-11-18(31)10-19(32)12-20/h7-8,10-14,17H,6,9,15-16H2,1-5H3. The molecule has 40 heavy (non-hydrogen) atoms. The zero-order chi connectivity index (χ0) is 28.3. The second-order valence-corrected chi connectivity index (χ2v) is 12.2. The van der Waals surface area contributed by atoms with Crippen LogP contribution in [-0.2, 0) is 13.7 Å². The molecule has 1 fully saturated rings. The molecule has 208 valence electrons. The average molecular weight is 581 g/mol. The number of hydrogen-bond donors (Lipinski definition) is 0. The highest BCUT2D eigenvalue weighted by Crippen LogP contribution is 2.46. The van der Waals surface area contributed by atoms with E-state index in [9.17, 15) is 4.79 Å². The molecule has 4 heterocycles. The first-order valence-corrected chi connectivity index (χ1v) is 14.1. The fourth-order valence-electron chi connectivity index (χ4n) is 6.05. The minimum atomic E-state index is -0.294. The first-order valence-electron chi connectivity index (χ1n) is 13.3. The Morgan fingerprint density at radius 2 is 1.85 bits per heavy atom. The maximum absolute atomic E-state index is 14.2. The Morgan fingerprint density at radius 3 is 2.50 bits per heavy atom. The lowest BCUT2D eigenvalue weighted by Crippen LogP contribution is -2.52. The van der Waals surface area contributed by atoms with Crippen LogP contribution < -0.4 is 9.47 Å². The molecule has 0 saturated carbocycles. The molecule has 2 aromatic heterocycles. The summed E-state index contributed by atoms with van der Waals surface area (Å²) >= 11 is 12.8. The number of aromatic nitrogens is 4. The first-order chi connectivity index (χ1) is 19.1. The largest absolute Gasteiger partial charge is 0.496 e. The topological polar surface area (TPSA) is 74.4 Å². The Labute approximate surface area is 243 Å². The number of carbonyl (C=O) groups is 1. The van der Waals surface area contributed by atoms with Gasteiger partial charge in [-0.2, -0.15) is 10.2 Å². The van der Waals surface area contributed by atoms with E-state index in [1.807, 2.05) is 36.3 Å². The SMILES string of the molecule is COc1cc2c(cc1-c1ccn(C)n1)-c1c(c(C(=O)N3CCC(C)CC3(C)C)nn1-c1cc(Cl)cc(Cl)c1)CO2. The minimum absolute atomic E-state index is 0.106. The molecule has 1 amide bonds. The van der Waals surface area contributed by atoms with E-state index in [1.54, 1.807) is 34.7 Å². The Bertz CT molecular complexity index is 1620. The number of amides is 1. The van der Waals surface area contributed by atoms with Crippen LogP contribution in [-0.4, -0.2) is 49.6 Å². The molecule has 1 unspecified atom stereocenters. The lowest BCUT2D eigenvalue weighted by atomic mass is 9.83. The Balaban J connectivity index is 1.58. The molecule has 10 heteroatoms. The van der Waals surface area contributed by atoms with Crippen molar-refractivity contribution in [2.75, 3.05) is 13.7 Å². The van der Waals surface area contributed by atoms with Crippen LogP contribution in [0.1, 0.15) is 49.7 Å². The number of likely N-dealkylation sites (tertiary alicyclic amines) is 1. The molecule has 4 aromatic rings. The monoisotopic (exact) mass is 579 g/mol. The lowest BCUT2D eigenvalue weighted by Gasteiger charge is -2.44. The molecule has 2 aliphatic rings. The van der Waals surface area contributed by atoms with Crippen molar-refractivity contribution >= 4 is 29.1 Å². The van der Waals surface area contributed by atoms with Gasteiger partial charge in [-0.25, -0.2) is 4.68 Å². The first kappa shape index (κ1) is 26.7. The second kappa shape index (κ2) is 9.85. The third-order valence-electron chi connectivity index (χ3n) is 7.87. The van der Waals surface area contributed by atoms with Gasteiger partial charge in [0.05, 0.1) is 24.2 Å². The van der Waals surface area contributed by atoms with E-state index in [0.717, 1.165) is 40.9 Å². The van der Waals surface area contributed by atoms with Crippen molar-refractivity contribution in [2.24, 2.45) is 13.0 Å². The number of methoxy groups -OCH3 is 1. The van der Waals surface area contributed by atoms with Crippen LogP contribution >= 0.6 is 23.2 Å². The van der Waals surface area contributed by atoms with Crippen LogP contribution in [0.3, 0.4) is 0 Å². The molecule has 0 spiro atoms. The molecule has 2 aromatic carbocycles. The summed E-state index contributed by atoms with van der Waals surface area (Å²) in [5.74, 6) is 1.71. The van der Waals surface area contributed by atoms with Gasteiger partial charge in [0.25, 0.3) is 5.91 Å². The van der Waals surface area contributed by atoms with Gasteiger partial charge in [-0.05, 0) is 62.9 Å². The Morgan fingerprint density at radius 1 is 1.10 bits per heavy atom. The summed E-state index contributed by atoms with van der Waals surface area (Å²) in [6.07, 6.45) is 3.76. The molecule has 1 atom stereocenters. The van der Waals surface area contributed by atoms with Gasteiger partial charge >= 0.3 is 0 Å². The van der Waals surface area contributed by atoms with Crippen LogP contribution in [0.5, 0.6) is 11.5 Å². The number of rotatable bonds is 4. The lowest BCUT2D eigenvalue weighted by molar-refractivity contribution is 0.0332. The summed E-state index contributed by atoms with van der Waals surface area (Å²) in [6, 6.07) is 11.0. The molecule has 0 aliphatic carbocycles. The van der Waals surface area contributed by atoms with E-state index in [-0.39, 0.29) is 18.1 Å². The zero-order valence-corrected chi connectivity index (χ0v) is 24.7. The van der Waals surface area contributed by atoms with E-state index < -0.39 is 0 Å². The number of carbonyl (C=O) groups excluding carboxylic acids is 1. The summed E-state index contributed by atoms with van der Waals surface area (Å²) in [6.45, 7) is 7.35. The van der Waals surface area contributed by atoms with Crippen LogP contribution in [0, 0.1) is 5.92 Å². The Hall–Kier alpha value is -3.49. The maximum Gasteiger partial charge on any atom is 0.275 e. The summed E-state index contributed by atoms with van der Waals surface area (Å²) < 4.78 is 15.5. The number of nitrogens with zero attached hydrogens (tertiary/aromatic N) is 5. The smallest absolute Gasteiger partial charge is 0.275 e. The number of fused-ring (bicyclic) bond motifs is 3. The van der Waals surface area contributed by atoms with Crippen LogP contribution in [0.4, 0.5) is 0 Å².